The zero-order valence-electron chi connectivity index (χ0n) is 14.3. The van der Waals surface area contributed by atoms with Crippen LogP contribution in [0.15, 0.2) is 24.5 Å². The molecule has 1 aliphatic heterocycles. The number of pyridine rings is 1. The Bertz CT molecular complexity index is 564. The summed E-state index contributed by atoms with van der Waals surface area (Å²) in [6.45, 7) is 9.68. The number of fused-ring (bicyclic) bond motifs is 1. The Morgan fingerprint density at radius 2 is 2.17 bits per heavy atom. The highest BCUT2D eigenvalue weighted by atomic mass is 16.5. The number of hydrogen-bond donors (Lipinski definition) is 1. The molecular weight excluding hydrogens is 288 g/mol. The first-order valence-electron chi connectivity index (χ1n) is 8.78. The van der Waals surface area contributed by atoms with Crippen LogP contribution in [-0.2, 0) is 6.42 Å². The molecule has 1 saturated carbocycles. The molecule has 0 amide bonds. The van der Waals surface area contributed by atoms with E-state index in [9.17, 15) is 5.11 Å². The molecule has 1 fully saturated rings. The second kappa shape index (κ2) is 6.91. The highest BCUT2D eigenvalue weighted by Gasteiger charge is 2.37. The van der Waals surface area contributed by atoms with Gasteiger partial charge in [-0.25, -0.2) is 4.98 Å². The maximum Gasteiger partial charge on any atom is 0.138 e. The lowest BCUT2D eigenvalue weighted by molar-refractivity contribution is 0.141. The van der Waals surface area contributed by atoms with E-state index in [1.807, 2.05) is 6.20 Å². The summed E-state index contributed by atoms with van der Waals surface area (Å²) in [7, 11) is 0. The number of aromatic nitrogens is 1. The molecule has 1 aromatic rings. The van der Waals surface area contributed by atoms with Crippen molar-refractivity contribution in [2.24, 2.45) is 11.8 Å². The molecule has 4 nitrogen and oxygen atoms in total. The number of nitrogens with zero attached hydrogens (tertiary/aromatic N) is 2. The Morgan fingerprint density at radius 3 is 2.87 bits per heavy atom. The van der Waals surface area contributed by atoms with Crippen LogP contribution >= 0.6 is 0 Å². The van der Waals surface area contributed by atoms with Crippen LogP contribution in [0.5, 0.6) is 5.75 Å². The van der Waals surface area contributed by atoms with Gasteiger partial charge in [-0.05, 0) is 55.6 Å². The topological polar surface area (TPSA) is 45.6 Å². The molecule has 1 aliphatic carbocycles. The van der Waals surface area contributed by atoms with E-state index in [4.69, 9.17) is 4.74 Å². The highest BCUT2D eigenvalue weighted by molar-refractivity contribution is 5.58. The predicted molar refractivity (Wildman–Crippen MR) is 92.7 cm³/mol. The lowest BCUT2D eigenvalue weighted by atomic mass is 9.79. The van der Waals surface area contributed by atoms with Crippen LogP contribution in [0.2, 0.25) is 0 Å². The van der Waals surface area contributed by atoms with E-state index in [2.05, 4.69) is 36.4 Å². The SMILES string of the molecule is C=C1CCc2cc(OCCC(C)C)cnc2N1C1CC(CO)C1. The summed E-state index contributed by atoms with van der Waals surface area (Å²) in [5, 5.41) is 9.25. The van der Waals surface area contributed by atoms with Gasteiger partial charge < -0.3 is 14.7 Å². The van der Waals surface area contributed by atoms with Gasteiger partial charge >= 0.3 is 0 Å². The number of anilines is 1. The third kappa shape index (κ3) is 3.52. The summed E-state index contributed by atoms with van der Waals surface area (Å²) in [5.41, 5.74) is 2.41. The van der Waals surface area contributed by atoms with E-state index in [1.165, 1.54) is 5.56 Å². The molecule has 0 unspecified atom stereocenters. The highest BCUT2D eigenvalue weighted by Crippen LogP contribution is 2.41. The van der Waals surface area contributed by atoms with Crippen LogP contribution in [0.1, 0.15) is 45.1 Å². The smallest absolute Gasteiger partial charge is 0.138 e. The van der Waals surface area contributed by atoms with Crippen LogP contribution in [0.25, 0.3) is 0 Å². The average molecular weight is 316 g/mol. The van der Waals surface area contributed by atoms with E-state index < -0.39 is 0 Å². The van der Waals surface area contributed by atoms with E-state index in [-0.39, 0.29) is 0 Å². The minimum atomic E-state index is 0.291. The van der Waals surface area contributed by atoms with E-state index in [0.29, 0.717) is 24.5 Å². The predicted octanol–water partition coefficient (Wildman–Crippen LogP) is 3.54. The molecular formula is C19H28N2O2. The number of hydrogen-bond acceptors (Lipinski definition) is 4. The molecule has 2 heterocycles. The Balaban J connectivity index is 1.71. The normalized spacial score (nSPS) is 23.7. The molecule has 0 aromatic carbocycles. The number of aryl methyl sites for hydroxylation is 1. The molecule has 126 valence electrons. The fourth-order valence-electron chi connectivity index (χ4n) is 3.41. The van der Waals surface area contributed by atoms with Crippen molar-refractivity contribution < 1.29 is 9.84 Å². The molecule has 0 radical (unpaired) electrons. The fourth-order valence-corrected chi connectivity index (χ4v) is 3.41. The van der Waals surface area contributed by atoms with Crippen molar-refractivity contribution in [1.82, 2.24) is 4.98 Å². The third-order valence-corrected chi connectivity index (χ3v) is 4.97. The standard InChI is InChI=1S/C19H28N2O2/c1-13(2)6-7-23-18-10-16-5-4-14(3)21(19(16)20-11-18)17-8-15(9-17)12-22/h10-11,13,15,17,22H,3-9,12H2,1-2H3. The Labute approximate surface area is 139 Å². The monoisotopic (exact) mass is 316 g/mol. The first-order chi connectivity index (χ1) is 11.1. The van der Waals surface area contributed by atoms with Gasteiger partial charge in [0.15, 0.2) is 0 Å². The van der Waals surface area contributed by atoms with Crippen molar-refractivity contribution in [3.8, 4) is 5.75 Å². The van der Waals surface area contributed by atoms with Gasteiger partial charge in [-0.2, -0.15) is 0 Å². The van der Waals surface area contributed by atoms with Gasteiger partial charge in [0.1, 0.15) is 11.6 Å². The molecule has 1 N–H and O–H groups in total. The number of aliphatic hydroxyl groups excluding tert-OH is 1. The first-order valence-corrected chi connectivity index (χ1v) is 8.78. The summed E-state index contributed by atoms with van der Waals surface area (Å²) in [6.07, 6.45) is 6.92. The zero-order valence-corrected chi connectivity index (χ0v) is 14.3. The van der Waals surface area contributed by atoms with Crippen molar-refractivity contribution in [2.75, 3.05) is 18.1 Å². The van der Waals surface area contributed by atoms with Crippen LogP contribution in [-0.4, -0.2) is 29.3 Å². The van der Waals surface area contributed by atoms with Crippen molar-refractivity contribution in [3.63, 3.8) is 0 Å². The molecule has 4 heteroatoms. The van der Waals surface area contributed by atoms with Gasteiger partial charge in [-0.3, -0.25) is 0 Å². The number of ether oxygens (including phenoxy) is 1. The van der Waals surface area contributed by atoms with Crippen LogP contribution in [0, 0.1) is 11.8 Å². The van der Waals surface area contributed by atoms with Gasteiger partial charge in [-0.15, -0.1) is 0 Å². The quantitative estimate of drug-likeness (QED) is 0.872. The van der Waals surface area contributed by atoms with Gasteiger partial charge in [0.25, 0.3) is 0 Å². The van der Waals surface area contributed by atoms with Gasteiger partial charge in [0, 0.05) is 18.3 Å². The molecule has 0 bridgehead atoms. The maximum atomic E-state index is 9.25. The third-order valence-electron chi connectivity index (χ3n) is 4.97. The van der Waals surface area contributed by atoms with Crippen molar-refractivity contribution in [1.29, 1.82) is 0 Å². The first kappa shape index (κ1) is 16.3. The number of rotatable bonds is 6. The molecule has 2 aliphatic rings. The maximum absolute atomic E-state index is 9.25. The minimum absolute atomic E-state index is 0.291. The molecule has 23 heavy (non-hydrogen) atoms. The number of aliphatic hydroxyl groups is 1. The largest absolute Gasteiger partial charge is 0.492 e. The molecule has 3 rings (SSSR count). The van der Waals surface area contributed by atoms with E-state index >= 15 is 0 Å². The summed E-state index contributed by atoms with van der Waals surface area (Å²) in [5.74, 6) is 3.01. The lowest BCUT2D eigenvalue weighted by Gasteiger charge is -2.46. The van der Waals surface area contributed by atoms with Crippen molar-refractivity contribution >= 4 is 5.82 Å². The summed E-state index contributed by atoms with van der Waals surface area (Å²) >= 11 is 0. The summed E-state index contributed by atoms with van der Waals surface area (Å²) in [4.78, 5) is 6.97. The fraction of sp³-hybridized carbons (Fsp3) is 0.632. The Morgan fingerprint density at radius 1 is 1.39 bits per heavy atom. The van der Waals surface area contributed by atoms with E-state index in [0.717, 1.165) is 56.0 Å². The van der Waals surface area contributed by atoms with Crippen LogP contribution in [0.4, 0.5) is 5.82 Å². The average Bonchev–Trinajstić information content (AvgIpc) is 2.48. The van der Waals surface area contributed by atoms with Crippen LogP contribution in [0.3, 0.4) is 0 Å². The second-order valence-electron chi connectivity index (χ2n) is 7.29. The zero-order chi connectivity index (χ0) is 16.4. The van der Waals surface area contributed by atoms with Gasteiger partial charge in [0.2, 0.25) is 0 Å². The second-order valence-corrected chi connectivity index (χ2v) is 7.29. The van der Waals surface area contributed by atoms with Crippen LogP contribution < -0.4 is 9.64 Å². The Hall–Kier alpha value is -1.55. The number of allylic oxidation sites excluding steroid dienone is 1. The molecule has 0 saturated heterocycles. The van der Waals surface area contributed by atoms with Gasteiger partial charge in [0.05, 0.1) is 12.8 Å². The minimum Gasteiger partial charge on any atom is -0.492 e. The molecule has 0 spiro atoms. The molecule has 0 atom stereocenters. The van der Waals surface area contributed by atoms with Crippen molar-refractivity contribution in [2.45, 2.75) is 52.0 Å². The van der Waals surface area contributed by atoms with Crippen molar-refractivity contribution in [3.05, 3.63) is 30.1 Å². The molecule has 1 aromatic heterocycles. The van der Waals surface area contributed by atoms with E-state index in [1.54, 1.807) is 0 Å². The lowest BCUT2D eigenvalue weighted by Crippen LogP contribution is -2.47. The summed E-state index contributed by atoms with van der Waals surface area (Å²) < 4.78 is 5.84. The summed E-state index contributed by atoms with van der Waals surface area (Å²) in [6, 6.07) is 2.59. The van der Waals surface area contributed by atoms with Gasteiger partial charge in [-0.1, -0.05) is 20.4 Å². The Kier molecular flexibility index (Phi) is 4.90.